The molecule has 1 fully saturated rings. The zero-order valence-corrected chi connectivity index (χ0v) is 21.6. The van der Waals surface area contributed by atoms with Gasteiger partial charge in [-0.25, -0.2) is 9.97 Å². The zero-order valence-electron chi connectivity index (χ0n) is 18.6. The molecule has 9 heteroatoms. The van der Waals surface area contributed by atoms with Gasteiger partial charge >= 0.3 is 0 Å². The Labute approximate surface area is 216 Å². The Morgan fingerprint density at radius 2 is 1.91 bits per heavy atom. The van der Waals surface area contributed by atoms with Crippen LogP contribution in [0.2, 0.25) is 0 Å². The van der Waals surface area contributed by atoms with Crippen LogP contribution in [0.5, 0.6) is 5.75 Å². The van der Waals surface area contributed by atoms with Gasteiger partial charge in [0.2, 0.25) is 0 Å². The van der Waals surface area contributed by atoms with Crippen LogP contribution in [0.4, 0.5) is 22.3 Å². The van der Waals surface area contributed by atoms with Crippen molar-refractivity contribution in [1.29, 1.82) is 5.26 Å². The molecule has 1 atom stereocenters. The van der Waals surface area contributed by atoms with E-state index in [-0.39, 0.29) is 4.11 Å². The van der Waals surface area contributed by atoms with Crippen LogP contribution in [0, 0.1) is 11.3 Å². The van der Waals surface area contributed by atoms with Gasteiger partial charge < -0.3 is 19.9 Å². The van der Waals surface area contributed by atoms with E-state index in [1.54, 1.807) is 23.5 Å². The number of ether oxygens (including phenoxy) is 1. The molecule has 2 aromatic carbocycles. The van der Waals surface area contributed by atoms with Crippen molar-refractivity contribution < 1.29 is 4.74 Å². The van der Waals surface area contributed by atoms with Crippen LogP contribution < -0.4 is 19.9 Å². The summed E-state index contributed by atoms with van der Waals surface area (Å²) in [6, 6.07) is 20.1. The van der Waals surface area contributed by atoms with Crippen LogP contribution in [0.15, 0.2) is 60.8 Å². The predicted octanol–water partition coefficient (Wildman–Crippen LogP) is 5.79. The molecule has 1 aliphatic heterocycles. The summed E-state index contributed by atoms with van der Waals surface area (Å²) < 4.78 is 7.02. The number of nitrogens with zero attached hydrogens (tertiary/aromatic N) is 5. The summed E-state index contributed by atoms with van der Waals surface area (Å²) in [4.78, 5) is 14.0. The number of rotatable bonds is 6. The number of benzene rings is 2. The van der Waals surface area contributed by atoms with E-state index in [1.807, 2.05) is 31.3 Å². The molecule has 0 radical (unpaired) electrons. The fourth-order valence-electron chi connectivity index (χ4n) is 3.99. The lowest BCUT2D eigenvalue weighted by Gasteiger charge is -2.36. The van der Waals surface area contributed by atoms with Crippen LogP contribution >= 0.6 is 33.9 Å². The molecule has 0 spiro atoms. The van der Waals surface area contributed by atoms with E-state index >= 15 is 0 Å². The number of pyridine rings is 1. The lowest BCUT2D eigenvalue weighted by atomic mass is 10.2. The number of alkyl halides is 1. The number of aromatic nitrogens is 2. The molecule has 34 heavy (non-hydrogen) atoms. The molecule has 0 aliphatic carbocycles. The number of nitriles is 1. The number of nitrogens with one attached hydrogen (secondary N) is 1. The average Bonchev–Trinajstić information content (AvgIpc) is 3.27. The summed E-state index contributed by atoms with van der Waals surface area (Å²) >= 11 is 3.80. The highest BCUT2D eigenvalue weighted by Gasteiger charge is 2.19. The third kappa shape index (κ3) is 5.03. The third-order valence-electron chi connectivity index (χ3n) is 5.63. The number of thiazole rings is 1. The number of anilines is 4. The van der Waals surface area contributed by atoms with E-state index in [9.17, 15) is 5.26 Å². The second kappa shape index (κ2) is 10.0. The van der Waals surface area contributed by atoms with Gasteiger partial charge in [0, 0.05) is 38.1 Å². The SMILES string of the molecule is CC(I)Oc1ccc(C#N)cc1Nc1nc2cc(N3CCN(c4ccccn4)CC3)ccc2s1. The van der Waals surface area contributed by atoms with Crippen molar-refractivity contribution in [3.63, 3.8) is 0 Å². The van der Waals surface area contributed by atoms with E-state index < -0.39 is 0 Å². The maximum absolute atomic E-state index is 9.31. The first kappa shape index (κ1) is 22.7. The van der Waals surface area contributed by atoms with Crippen molar-refractivity contribution in [1.82, 2.24) is 9.97 Å². The van der Waals surface area contributed by atoms with Crippen molar-refractivity contribution >= 4 is 66.5 Å². The Hall–Kier alpha value is -3.10. The van der Waals surface area contributed by atoms with Crippen LogP contribution in [0.25, 0.3) is 10.2 Å². The lowest BCUT2D eigenvalue weighted by Crippen LogP contribution is -2.46. The van der Waals surface area contributed by atoms with Gasteiger partial charge in [-0.15, -0.1) is 0 Å². The molecule has 1 aliphatic rings. The highest BCUT2D eigenvalue weighted by atomic mass is 127. The fraction of sp³-hybridized carbons (Fsp3) is 0.240. The Kier molecular flexibility index (Phi) is 6.69. The molecular formula is C25H23IN6OS. The second-order valence-corrected chi connectivity index (χ2v) is 10.7. The van der Waals surface area contributed by atoms with Gasteiger partial charge in [0.25, 0.3) is 0 Å². The normalized spacial score (nSPS) is 14.6. The molecule has 2 aromatic heterocycles. The van der Waals surface area contributed by atoms with Gasteiger partial charge in [-0.3, -0.25) is 0 Å². The minimum atomic E-state index is 0.00199. The molecule has 172 valence electrons. The first-order valence-corrected chi connectivity index (χ1v) is 13.1. The van der Waals surface area contributed by atoms with E-state index in [0.29, 0.717) is 11.3 Å². The molecule has 0 bridgehead atoms. The molecule has 4 aromatic rings. The number of piperazine rings is 1. The molecule has 1 unspecified atom stereocenters. The summed E-state index contributed by atoms with van der Waals surface area (Å²) in [5, 5.41) is 13.4. The monoisotopic (exact) mass is 582 g/mol. The van der Waals surface area contributed by atoms with Crippen LogP contribution in [0.1, 0.15) is 12.5 Å². The van der Waals surface area contributed by atoms with E-state index in [0.717, 1.165) is 53.0 Å². The number of hydrogen-bond donors (Lipinski definition) is 1. The Bertz CT molecular complexity index is 1330. The summed E-state index contributed by atoms with van der Waals surface area (Å²) in [7, 11) is 0. The smallest absolute Gasteiger partial charge is 0.188 e. The number of hydrogen-bond acceptors (Lipinski definition) is 8. The molecular weight excluding hydrogens is 559 g/mol. The van der Waals surface area contributed by atoms with Crippen molar-refractivity contribution in [2.24, 2.45) is 0 Å². The van der Waals surface area contributed by atoms with Crippen LogP contribution in [0.3, 0.4) is 0 Å². The topological polar surface area (TPSA) is 77.3 Å². The number of fused-ring (bicyclic) bond motifs is 1. The largest absolute Gasteiger partial charge is 0.478 e. The highest BCUT2D eigenvalue weighted by Crippen LogP contribution is 2.35. The average molecular weight is 582 g/mol. The van der Waals surface area contributed by atoms with E-state index in [4.69, 9.17) is 9.72 Å². The first-order chi connectivity index (χ1) is 16.6. The molecule has 0 saturated carbocycles. The van der Waals surface area contributed by atoms with Gasteiger partial charge in [-0.1, -0.05) is 17.4 Å². The molecule has 0 amide bonds. The second-order valence-electron chi connectivity index (χ2n) is 7.94. The Morgan fingerprint density at radius 1 is 1.09 bits per heavy atom. The van der Waals surface area contributed by atoms with Gasteiger partial charge in [0.15, 0.2) is 5.13 Å². The summed E-state index contributed by atoms with van der Waals surface area (Å²) in [6.07, 6.45) is 1.84. The molecule has 3 heterocycles. The summed E-state index contributed by atoms with van der Waals surface area (Å²) in [6.45, 7) is 5.72. The standard InChI is InChI=1S/C25H23IN6OS/c1-17(26)33-22-7-5-18(16-27)14-20(22)29-25-30-21-15-19(6-8-23(21)34-25)31-10-12-32(13-11-31)24-4-2-3-9-28-24/h2-9,14-15,17H,10-13H2,1H3,(H,29,30). The van der Waals surface area contributed by atoms with E-state index in [1.165, 1.54) is 5.69 Å². The Morgan fingerprint density at radius 3 is 2.65 bits per heavy atom. The van der Waals surface area contributed by atoms with Crippen molar-refractivity contribution in [3.05, 3.63) is 66.4 Å². The van der Waals surface area contributed by atoms with Crippen molar-refractivity contribution in [2.45, 2.75) is 11.0 Å². The molecule has 1 saturated heterocycles. The van der Waals surface area contributed by atoms with Crippen molar-refractivity contribution in [2.75, 3.05) is 41.3 Å². The third-order valence-corrected chi connectivity index (χ3v) is 6.83. The van der Waals surface area contributed by atoms with Crippen molar-refractivity contribution in [3.8, 4) is 11.8 Å². The van der Waals surface area contributed by atoms with Gasteiger partial charge in [0.1, 0.15) is 15.7 Å². The lowest BCUT2D eigenvalue weighted by molar-refractivity contribution is 0.324. The minimum Gasteiger partial charge on any atom is -0.478 e. The maximum Gasteiger partial charge on any atom is 0.188 e. The molecule has 7 nitrogen and oxygen atoms in total. The summed E-state index contributed by atoms with van der Waals surface area (Å²) in [5.74, 6) is 1.74. The fourth-order valence-corrected chi connectivity index (χ4v) is 5.12. The first-order valence-electron chi connectivity index (χ1n) is 11.0. The maximum atomic E-state index is 9.31. The van der Waals surface area contributed by atoms with E-state index in [2.05, 4.69) is 73.0 Å². The predicted molar refractivity (Wildman–Crippen MR) is 147 cm³/mol. The summed E-state index contributed by atoms with van der Waals surface area (Å²) in [5.41, 5.74) is 3.45. The zero-order chi connectivity index (χ0) is 23.5. The highest BCUT2D eigenvalue weighted by molar-refractivity contribution is 14.1. The van der Waals surface area contributed by atoms with Crippen LogP contribution in [-0.2, 0) is 0 Å². The number of halogens is 1. The van der Waals surface area contributed by atoms with Gasteiger partial charge in [-0.2, -0.15) is 5.26 Å². The molecule has 5 rings (SSSR count). The molecule has 1 N–H and O–H groups in total. The van der Waals surface area contributed by atoms with Crippen LogP contribution in [-0.4, -0.2) is 40.3 Å². The quantitative estimate of drug-likeness (QED) is 0.228. The Balaban J connectivity index is 1.33. The minimum absolute atomic E-state index is 0.00199. The van der Waals surface area contributed by atoms with Gasteiger partial charge in [0.05, 0.1) is 27.5 Å². The van der Waals surface area contributed by atoms with Gasteiger partial charge in [-0.05, 0) is 78.0 Å².